The number of carbonyl (C=O) groups is 2. The fraction of sp³-hybridized carbons (Fsp3) is 0.125. The van der Waals surface area contributed by atoms with Crippen molar-refractivity contribution < 1.29 is 36.4 Å². The molecule has 0 saturated heterocycles. The van der Waals surface area contributed by atoms with E-state index < -0.39 is 11.9 Å². The molecule has 0 aromatic carbocycles. The Labute approximate surface area is 154 Å². The van der Waals surface area contributed by atoms with Gasteiger partial charge in [-0.1, -0.05) is 12.3 Å². The van der Waals surface area contributed by atoms with Crippen LogP contribution in [0, 0.1) is 6.07 Å². The minimum atomic E-state index is -1.04. The molecule has 0 saturated carbocycles. The number of aliphatic imine (C=N–C) groups is 2. The summed E-state index contributed by atoms with van der Waals surface area (Å²) in [5.41, 5.74) is 1.22. The van der Waals surface area contributed by atoms with Crippen molar-refractivity contribution in [2.75, 3.05) is 0 Å². The average molecular weight is 380 g/mol. The summed E-state index contributed by atoms with van der Waals surface area (Å²) < 4.78 is 0. The molecule has 2 heterocycles. The Kier molecular flexibility index (Phi) is 9.35. The first kappa shape index (κ1) is 20.1. The Balaban J connectivity index is 0.00000312. The minimum absolute atomic E-state index is 0. The van der Waals surface area contributed by atoms with Crippen molar-refractivity contribution in [1.82, 2.24) is 9.97 Å². The van der Waals surface area contributed by atoms with Gasteiger partial charge in [0.2, 0.25) is 5.97 Å². The van der Waals surface area contributed by atoms with E-state index in [0.717, 1.165) is 6.21 Å². The Hall–Kier alpha value is -2.90. The number of carbonyl (C=O) groups excluding carboxylic acids is 2. The summed E-state index contributed by atoms with van der Waals surface area (Å²) in [6.07, 6.45) is 6.12. The van der Waals surface area contributed by atoms with Gasteiger partial charge in [0.15, 0.2) is 0 Å². The minimum Gasteiger partial charge on any atom is -0.489 e. The molecule has 0 aliphatic carbocycles. The predicted molar refractivity (Wildman–Crippen MR) is 82.8 cm³/mol. The standard InChI is InChI=1S/C16H12N4O4.Fe/c21-15(11-17-9-13-5-1-3-7-19-13)23-24-16(22)12-18-10-14-6-2-4-8-20-14;/h1-5,7-8,11H,9-10H2;/q-2;+2. The second-order valence-electron chi connectivity index (χ2n) is 4.22. The van der Waals surface area contributed by atoms with Crippen LogP contribution < -0.4 is 0 Å². The summed E-state index contributed by atoms with van der Waals surface area (Å²) >= 11 is 0. The summed E-state index contributed by atoms with van der Waals surface area (Å²) in [5.74, 6) is -1.98. The third-order valence-corrected chi connectivity index (χ3v) is 2.44. The Morgan fingerprint density at radius 3 is 2.72 bits per heavy atom. The normalized spacial score (nSPS) is 10.4. The topological polar surface area (TPSA) is 103 Å². The molecule has 0 radical (unpaired) electrons. The summed E-state index contributed by atoms with van der Waals surface area (Å²) in [7, 11) is 0. The Bertz CT molecular complexity index is 660. The third kappa shape index (κ3) is 8.50. The first-order valence-corrected chi connectivity index (χ1v) is 6.80. The maximum atomic E-state index is 11.3. The third-order valence-electron chi connectivity index (χ3n) is 2.44. The van der Waals surface area contributed by atoms with E-state index in [-0.39, 0.29) is 30.2 Å². The molecule has 0 N–H and O–H groups in total. The van der Waals surface area contributed by atoms with Gasteiger partial charge in [-0.3, -0.25) is 30.9 Å². The van der Waals surface area contributed by atoms with Crippen LogP contribution in [0.1, 0.15) is 11.4 Å². The van der Waals surface area contributed by atoms with Crippen LogP contribution in [0.5, 0.6) is 0 Å². The van der Waals surface area contributed by atoms with Gasteiger partial charge >= 0.3 is 23.0 Å². The SMILES string of the molecule is O=C([C-]=NCc1[c-]cccn1)OOC(=O)C=NCc1ccccn1.[Fe+2]. The monoisotopic (exact) mass is 380 g/mol. The number of nitrogens with zero attached hydrogens (tertiary/aromatic N) is 4. The fourth-order valence-electron chi connectivity index (χ4n) is 1.45. The summed E-state index contributed by atoms with van der Waals surface area (Å²) in [4.78, 5) is 46.5. The van der Waals surface area contributed by atoms with Crippen LogP contribution in [0.15, 0.2) is 52.7 Å². The molecule has 0 bridgehead atoms. The van der Waals surface area contributed by atoms with E-state index in [9.17, 15) is 9.59 Å². The maximum Gasteiger partial charge on any atom is 2.00 e. The van der Waals surface area contributed by atoms with Crippen molar-refractivity contribution in [3.8, 4) is 0 Å². The van der Waals surface area contributed by atoms with E-state index in [1.807, 2.05) is 6.21 Å². The van der Waals surface area contributed by atoms with Crippen molar-refractivity contribution in [2.24, 2.45) is 9.98 Å². The second-order valence-corrected chi connectivity index (χ2v) is 4.22. The predicted octanol–water partition coefficient (Wildman–Crippen LogP) is 0.994. The van der Waals surface area contributed by atoms with E-state index in [2.05, 4.69) is 35.8 Å². The van der Waals surface area contributed by atoms with Crippen molar-refractivity contribution in [3.63, 3.8) is 0 Å². The van der Waals surface area contributed by atoms with Gasteiger partial charge in [-0.2, -0.15) is 6.07 Å². The van der Waals surface area contributed by atoms with Crippen molar-refractivity contribution in [2.45, 2.75) is 13.1 Å². The van der Waals surface area contributed by atoms with Crippen molar-refractivity contribution >= 4 is 24.4 Å². The maximum absolute atomic E-state index is 11.3. The van der Waals surface area contributed by atoms with Gasteiger partial charge in [-0.15, -0.1) is 0 Å². The molecule has 2 aromatic heterocycles. The second kappa shape index (κ2) is 11.6. The molecule has 0 atom stereocenters. The molecule has 9 heteroatoms. The van der Waals surface area contributed by atoms with Crippen LogP contribution in [0.3, 0.4) is 0 Å². The van der Waals surface area contributed by atoms with Crippen LogP contribution in [0.2, 0.25) is 0 Å². The van der Waals surface area contributed by atoms with E-state index in [4.69, 9.17) is 0 Å². The van der Waals surface area contributed by atoms with Gasteiger partial charge in [0.05, 0.1) is 12.2 Å². The Morgan fingerprint density at radius 1 is 1.16 bits per heavy atom. The first-order chi connectivity index (χ1) is 11.7. The summed E-state index contributed by atoms with van der Waals surface area (Å²) in [5, 5.41) is 0. The molecule has 128 valence electrons. The molecule has 0 amide bonds. The zero-order chi connectivity index (χ0) is 17.0. The average Bonchev–Trinajstić information content (AvgIpc) is 2.62. The van der Waals surface area contributed by atoms with Gasteiger partial charge in [0.25, 0.3) is 0 Å². The smallest absolute Gasteiger partial charge is 0.489 e. The van der Waals surface area contributed by atoms with Crippen LogP contribution in [0.4, 0.5) is 0 Å². The van der Waals surface area contributed by atoms with Gasteiger partial charge < -0.3 is 4.99 Å². The van der Waals surface area contributed by atoms with Crippen LogP contribution in [0.25, 0.3) is 0 Å². The zero-order valence-corrected chi connectivity index (χ0v) is 13.9. The number of hydrogen-bond donors (Lipinski definition) is 0. The van der Waals surface area contributed by atoms with Crippen LogP contribution in [-0.2, 0) is 49.5 Å². The van der Waals surface area contributed by atoms with Crippen LogP contribution in [-0.4, -0.2) is 34.3 Å². The Morgan fingerprint density at radius 2 is 2.00 bits per heavy atom. The molecule has 0 unspecified atom stereocenters. The molecule has 2 rings (SSSR count). The molecule has 2 aromatic rings. The van der Waals surface area contributed by atoms with Crippen molar-refractivity contribution in [3.05, 3.63) is 60.2 Å². The van der Waals surface area contributed by atoms with E-state index in [1.54, 1.807) is 42.7 Å². The molecule has 0 spiro atoms. The van der Waals surface area contributed by atoms with Crippen LogP contribution >= 0.6 is 0 Å². The number of hydrogen-bond acceptors (Lipinski definition) is 8. The van der Waals surface area contributed by atoms with Crippen molar-refractivity contribution in [1.29, 1.82) is 0 Å². The number of aromatic nitrogens is 2. The summed E-state index contributed by atoms with van der Waals surface area (Å²) in [6.45, 7) is 0.313. The van der Waals surface area contributed by atoms with Gasteiger partial charge in [-0.25, -0.2) is 21.8 Å². The molecular weight excluding hydrogens is 368 g/mol. The molecule has 8 nitrogen and oxygen atoms in total. The molecular formula is C16H12FeN4O4. The van der Waals surface area contributed by atoms with E-state index in [0.29, 0.717) is 11.4 Å². The van der Waals surface area contributed by atoms with Gasteiger partial charge in [0, 0.05) is 12.7 Å². The molecule has 0 aliphatic rings. The largest absolute Gasteiger partial charge is 2.00 e. The summed E-state index contributed by atoms with van der Waals surface area (Å²) in [6, 6.07) is 11.5. The zero-order valence-electron chi connectivity index (χ0n) is 12.8. The molecule has 0 aliphatic heterocycles. The molecule has 25 heavy (non-hydrogen) atoms. The van der Waals surface area contributed by atoms with E-state index in [1.165, 1.54) is 0 Å². The van der Waals surface area contributed by atoms with Gasteiger partial charge in [-0.05, 0) is 17.8 Å². The quantitative estimate of drug-likeness (QED) is 0.244. The van der Waals surface area contributed by atoms with Gasteiger partial charge in [0.1, 0.15) is 6.21 Å². The molecule has 0 fully saturated rings. The van der Waals surface area contributed by atoms with E-state index >= 15 is 0 Å². The number of pyridine rings is 2. The first-order valence-electron chi connectivity index (χ1n) is 6.80. The fourth-order valence-corrected chi connectivity index (χ4v) is 1.45. The number of rotatable bonds is 6.